The highest BCUT2D eigenvalue weighted by atomic mass is 35.5. The Morgan fingerprint density at radius 3 is 2.34 bits per heavy atom. The Bertz CT molecular complexity index is 1190. The van der Waals surface area contributed by atoms with E-state index in [4.69, 9.17) is 16.3 Å². The van der Waals surface area contributed by atoms with Crippen LogP contribution in [0.15, 0.2) is 48.5 Å². The topological polar surface area (TPSA) is 65.1 Å². The summed E-state index contributed by atoms with van der Waals surface area (Å²) in [6, 6.07) is 16.1. The van der Waals surface area contributed by atoms with E-state index < -0.39 is 11.6 Å². The molecule has 2 aliphatic heterocycles. The number of carbonyl (C=O) groups excluding carboxylic acids is 2. The van der Waals surface area contributed by atoms with Crippen molar-refractivity contribution in [3.05, 3.63) is 70.2 Å². The highest BCUT2D eigenvalue weighted by molar-refractivity contribution is 6.30. The zero-order valence-corrected chi connectivity index (χ0v) is 26.3. The van der Waals surface area contributed by atoms with Gasteiger partial charge in [-0.3, -0.25) is 9.69 Å². The third-order valence-electron chi connectivity index (χ3n) is 8.51. The van der Waals surface area contributed by atoms with E-state index in [0.717, 1.165) is 31.4 Å². The van der Waals surface area contributed by atoms with Crippen LogP contribution >= 0.6 is 11.6 Å². The number of fused-ring (bicyclic) bond motifs is 2. The van der Waals surface area contributed by atoms with Crippen molar-refractivity contribution in [2.75, 3.05) is 39.8 Å². The monoisotopic (exact) mass is 582 g/mol. The average Bonchev–Trinajstić information content (AvgIpc) is 2.92. The molecule has 0 radical (unpaired) electrons. The molecule has 0 bridgehead atoms. The number of hydrogen-bond acceptors (Lipinski definition) is 5. The quantitative estimate of drug-likeness (QED) is 0.446. The minimum atomic E-state index is -0.566. The minimum absolute atomic E-state index is 0.0179. The molecule has 7 nitrogen and oxygen atoms in total. The second-order valence-corrected chi connectivity index (χ2v) is 13.2. The van der Waals surface area contributed by atoms with Crippen LogP contribution in [0.2, 0.25) is 5.02 Å². The number of piperidine rings is 1. The van der Waals surface area contributed by atoms with Gasteiger partial charge in [-0.1, -0.05) is 48.0 Å². The van der Waals surface area contributed by atoms with Crippen molar-refractivity contribution in [1.82, 2.24) is 20.0 Å². The Hall–Kier alpha value is -2.61. The van der Waals surface area contributed by atoms with E-state index in [9.17, 15) is 9.59 Å². The van der Waals surface area contributed by atoms with Gasteiger partial charge >= 0.3 is 6.09 Å². The molecular formula is C33H47ClN4O3. The Kier molecular flexibility index (Phi) is 10.0. The van der Waals surface area contributed by atoms with Crippen LogP contribution in [0.1, 0.15) is 64.2 Å². The SMILES string of the molecule is CC(C)N(CCN[C@H](Cc1ccc(Cl)cc1)C(=O)N1CCC2(CC1)c1ccccc1CCN2C)C(=O)OC(C)(C)C. The summed E-state index contributed by atoms with van der Waals surface area (Å²) in [6.07, 6.45) is 3.11. The van der Waals surface area contributed by atoms with Crippen molar-refractivity contribution < 1.29 is 14.3 Å². The van der Waals surface area contributed by atoms with Crippen LogP contribution in [-0.2, 0) is 27.9 Å². The third kappa shape index (κ3) is 7.62. The smallest absolute Gasteiger partial charge is 0.410 e. The van der Waals surface area contributed by atoms with E-state index in [1.54, 1.807) is 4.90 Å². The van der Waals surface area contributed by atoms with Crippen LogP contribution in [-0.4, -0.2) is 84.2 Å². The molecule has 2 aromatic carbocycles. The van der Waals surface area contributed by atoms with E-state index in [0.29, 0.717) is 37.6 Å². The number of amides is 2. The summed E-state index contributed by atoms with van der Waals surface area (Å²) in [7, 11) is 2.23. The van der Waals surface area contributed by atoms with Gasteiger partial charge in [-0.2, -0.15) is 0 Å². The van der Waals surface area contributed by atoms with Crippen molar-refractivity contribution in [3.8, 4) is 0 Å². The number of carbonyl (C=O) groups is 2. The molecule has 1 fully saturated rings. The lowest BCUT2D eigenvalue weighted by Gasteiger charge is -2.51. The van der Waals surface area contributed by atoms with Gasteiger partial charge in [0.05, 0.1) is 6.04 Å². The zero-order chi connectivity index (χ0) is 29.8. The highest BCUT2D eigenvalue weighted by Crippen LogP contribution is 2.42. The van der Waals surface area contributed by atoms with Crippen molar-refractivity contribution >= 4 is 23.6 Å². The van der Waals surface area contributed by atoms with Gasteiger partial charge in [0, 0.05) is 49.3 Å². The zero-order valence-electron chi connectivity index (χ0n) is 25.6. The van der Waals surface area contributed by atoms with Gasteiger partial charge in [-0.25, -0.2) is 4.79 Å². The van der Waals surface area contributed by atoms with Crippen LogP contribution in [0, 0.1) is 0 Å². The second-order valence-electron chi connectivity index (χ2n) is 12.8. The number of likely N-dealkylation sites (tertiary alicyclic amines) is 1. The van der Waals surface area contributed by atoms with Gasteiger partial charge in [0.15, 0.2) is 0 Å². The molecule has 224 valence electrons. The first-order valence-corrected chi connectivity index (χ1v) is 15.3. The molecule has 2 heterocycles. The maximum absolute atomic E-state index is 14.0. The number of rotatable bonds is 8. The number of halogens is 1. The third-order valence-corrected chi connectivity index (χ3v) is 8.77. The molecule has 41 heavy (non-hydrogen) atoms. The van der Waals surface area contributed by atoms with Crippen molar-refractivity contribution in [1.29, 1.82) is 0 Å². The van der Waals surface area contributed by atoms with Crippen molar-refractivity contribution in [2.24, 2.45) is 0 Å². The molecule has 2 aliphatic rings. The Morgan fingerprint density at radius 2 is 1.71 bits per heavy atom. The van der Waals surface area contributed by atoms with Crippen molar-refractivity contribution in [3.63, 3.8) is 0 Å². The molecule has 1 saturated heterocycles. The Labute approximate surface area is 251 Å². The van der Waals surface area contributed by atoms with Gasteiger partial charge in [0.1, 0.15) is 5.60 Å². The van der Waals surface area contributed by atoms with E-state index in [2.05, 4.69) is 41.5 Å². The molecule has 1 N–H and O–H groups in total. The van der Waals surface area contributed by atoms with Crippen LogP contribution < -0.4 is 5.32 Å². The van der Waals surface area contributed by atoms with Crippen LogP contribution in [0.5, 0.6) is 0 Å². The standard InChI is InChI=1S/C33H47ClN4O3/c1-24(2)38(31(40)41-32(3,4)5)22-18-35-29(23-25-11-13-27(34)14-12-25)30(39)37-20-16-33(17-21-37)28-10-8-7-9-26(28)15-19-36(33)6/h7-14,24,29,35H,15-23H2,1-6H3/t29-/m1/s1. The summed E-state index contributed by atoms with van der Waals surface area (Å²) in [4.78, 5) is 33.1. The molecule has 8 heteroatoms. The number of nitrogens with one attached hydrogen (secondary N) is 1. The molecule has 0 aromatic heterocycles. The summed E-state index contributed by atoms with van der Waals surface area (Å²) in [5.74, 6) is 0.106. The first kappa shape index (κ1) is 31.3. The molecule has 1 spiro atoms. The van der Waals surface area contributed by atoms with E-state index >= 15 is 0 Å². The van der Waals surface area contributed by atoms with Crippen LogP contribution in [0.25, 0.3) is 0 Å². The Morgan fingerprint density at radius 1 is 1.05 bits per heavy atom. The molecular weight excluding hydrogens is 536 g/mol. The van der Waals surface area contributed by atoms with Crippen molar-refractivity contribution in [2.45, 2.75) is 83.5 Å². The highest BCUT2D eigenvalue weighted by Gasteiger charge is 2.44. The van der Waals surface area contributed by atoms with E-state index in [-0.39, 0.29) is 23.6 Å². The second kappa shape index (κ2) is 13.1. The fraction of sp³-hybridized carbons (Fsp3) is 0.576. The lowest BCUT2D eigenvalue weighted by molar-refractivity contribution is -0.136. The molecule has 0 unspecified atom stereocenters. The molecule has 0 saturated carbocycles. The van der Waals surface area contributed by atoms with Crippen LogP contribution in [0.3, 0.4) is 0 Å². The molecule has 4 rings (SSSR count). The fourth-order valence-corrected chi connectivity index (χ4v) is 6.34. The van der Waals surface area contributed by atoms with Crippen LogP contribution in [0.4, 0.5) is 4.79 Å². The fourth-order valence-electron chi connectivity index (χ4n) is 6.21. The largest absolute Gasteiger partial charge is 0.444 e. The first-order valence-electron chi connectivity index (χ1n) is 15.0. The number of nitrogens with zero attached hydrogens (tertiary/aromatic N) is 3. The Balaban J connectivity index is 1.46. The lowest BCUT2D eigenvalue weighted by atomic mass is 9.74. The predicted molar refractivity (Wildman–Crippen MR) is 165 cm³/mol. The summed E-state index contributed by atoms with van der Waals surface area (Å²) in [6.45, 7) is 13.0. The lowest BCUT2D eigenvalue weighted by Crippen LogP contribution is -2.58. The van der Waals surface area contributed by atoms with E-state index in [1.165, 1.54) is 11.1 Å². The summed E-state index contributed by atoms with van der Waals surface area (Å²) >= 11 is 6.13. The van der Waals surface area contributed by atoms with Gasteiger partial charge in [-0.05, 0) is 96.2 Å². The van der Waals surface area contributed by atoms with Gasteiger partial charge in [0.2, 0.25) is 5.91 Å². The number of benzene rings is 2. The number of hydrogen-bond donors (Lipinski definition) is 1. The molecule has 2 amide bonds. The summed E-state index contributed by atoms with van der Waals surface area (Å²) < 4.78 is 5.62. The summed E-state index contributed by atoms with van der Waals surface area (Å²) in [5, 5.41) is 4.17. The van der Waals surface area contributed by atoms with E-state index in [1.807, 2.05) is 63.8 Å². The number of ether oxygens (including phenoxy) is 1. The number of likely N-dealkylation sites (N-methyl/N-ethyl adjacent to an activating group) is 1. The molecule has 0 aliphatic carbocycles. The average molecular weight is 583 g/mol. The maximum atomic E-state index is 14.0. The minimum Gasteiger partial charge on any atom is -0.444 e. The molecule has 2 aromatic rings. The summed E-state index contributed by atoms with van der Waals surface area (Å²) in [5.41, 5.74) is 3.32. The van der Waals surface area contributed by atoms with Gasteiger partial charge in [-0.15, -0.1) is 0 Å². The first-order chi connectivity index (χ1) is 19.4. The van der Waals surface area contributed by atoms with Gasteiger partial charge in [0.25, 0.3) is 0 Å². The molecule has 1 atom stereocenters. The van der Waals surface area contributed by atoms with Gasteiger partial charge < -0.3 is 19.9 Å². The normalized spacial score (nSPS) is 17.8. The maximum Gasteiger partial charge on any atom is 0.410 e. The predicted octanol–water partition coefficient (Wildman–Crippen LogP) is 5.49.